The normalized spacial score (nSPS) is 12.0. The van der Waals surface area contributed by atoms with E-state index in [4.69, 9.17) is 4.74 Å². The maximum absolute atomic E-state index is 12.5. The number of hydrogen-bond donors (Lipinski definition) is 1. The van der Waals surface area contributed by atoms with Crippen LogP contribution >= 0.6 is 0 Å². The van der Waals surface area contributed by atoms with Gasteiger partial charge >= 0.3 is 0 Å². The summed E-state index contributed by atoms with van der Waals surface area (Å²) in [5, 5.41) is 10.6. The van der Waals surface area contributed by atoms with Crippen molar-refractivity contribution in [2.24, 2.45) is 0 Å². The van der Waals surface area contributed by atoms with Crippen LogP contribution in [0.25, 0.3) is 0 Å². The van der Waals surface area contributed by atoms with E-state index in [-0.39, 0.29) is 11.3 Å². The molecule has 4 nitrogen and oxygen atoms in total. The summed E-state index contributed by atoms with van der Waals surface area (Å²) in [6, 6.07) is 12.7. The largest absolute Gasteiger partial charge is 0.490 e. The zero-order chi connectivity index (χ0) is 24.1. The van der Waals surface area contributed by atoms with Gasteiger partial charge in [-0.05, 0) is 73.9 Å². The van der Waals surface area contributed by atoms with Gasteiger partial charge in [-0.15, -0.1) is 0 Å². The van der Waals surface area contributed by atoms with E-state index in [2.05, 4.69) is 45.0 Å². The maximum atomic E-state index is 12.5. The van der Waals surface area contributed by atoms with Gasteiger partial charge in [0.25, 0.3) is 5.91 Å². The average Bonchev–Trinajstić information content (AvgIpc) is 2.79. The van der Waals surface area contributed by atoms with Crippen LogP contribution in [0, 0.1) is 13.8 Å². The molecule has 0 saturated carbocycles. The van der Waals surface area contributed by atoms with Crippen molar-refractivity contribution in [3.63, 3.8) is 0 Å². The minimum atomic E-state index is -0.787. The summed E-state index contributed by atoms with van der Waals surface area (Å²) in [4.78, 5) is 14.1. The molecule has 0 aromatic heterocycles. The van der Waals surface area contributed by atoms with E-state index >= 15 is 0 Å². The molecular formula is C28H41NO3. The Balaban J connectivity index is 2.42. The number of hydrogen-bond acceptors (Lipinski definition) is 3. The summed E-state index contributed by atoms with van der Waals surface area (Å²) in [5.74, 6) is 0.849. The molecule has 1 amide bonds. The first-order valence-corrected chi connectivity index (χ1v) is 11.9. The van der Waals surface area contributed by atoms with Crippen LogP contribution in [0.2, 0.25) is 0 Å². The van der Waals surface area contributed by atoms with Crippen LogP contribution < -0.4 is 4.74 Å². The van der Waals surface area contributed by atoms with Gasteiger partial charge in [0.2, 0.25) is 0 Å². The molecule has 0 saturated heterocycles. The van der Waals surface area contributed by atoms with E-state index in [1.807, 2.05) is 32.9 Å². The number of nitrogens with zero attached hydrogens (tertiary/aromatic N) is 1. The SMILES string of the molecule is CCC(O)(CC)COc1ccc(C(CC)(CC)c2ccc(C(=O)N(C)C)c(C)c2)cc1C. The van der Waals surface area contributed by atoms with Gasteiger partial charge in [-0.2, -0.15) is 0 Å². The van der Waals surface area contributed by atoms with Crippen LogP contribution in [-0.4, -0.2) is 42.2 Å². The second-order valence-corrected chi connectivity index (χ2v) is 9.22. The van der Waals surface area contributed by atoms with Crippen LogP contribution in [0.1, 0.15) is 86.0 Å². The number of carbonyl (C=O) groups is 1. The van der Waals surface area contributed by atoms with E-state index in [0.717, 1.165) is 35.3 Å². The zero-order valence-corrected chi connectivity index (χ0v) is 21.2. The summed E-state index contributed by atoms with van der Waals surface area (Å²) in [7, 11) is 3.57. The van der Waals surface area contributed by atoms with Gasteiger partial charge < -0.3 is 14.7 Å². The Morgan fingerprint density at radius 2 is 1.41 bits per heavy atom. The smallest absolute Gasteiger partial charge is 0.253 e. The van der Waals surface area contributed by atoms with Crippen LogP contribution in [0.3, 0.4) is 0 Å². The number of amides is 1. The third kappa shape index (κ3) is 5.17. The summed E-state index contributed by atoms with van der Waals surface area (Å²) in [6.07, 6.45) is 3.24. The van der Waals surface area contributed by atoms with E-state index in [9.17, 15) is 9.90 Å². The lowest BCUT2D eigenvalue weighted by atomic mass is 9.70. The summed E-state index contributed by atoms with van der Waals surface area (Å²) in [6.45, 7) is 12.8. The van der Waals surface area contributed by atoms with Crippen molar-refractivity contribution in [3.8, 4) is 5.75 Å². The number of carbonyl (C=O) groups excluding carboxylic acids is 1. The van der Waals surface area contributed by atoms with E-state index in [1.165, 1.54) is 11.1 Å². The fourth-order valence-corrected chi connectivity index (χ4v) is 4.45. The molecule has 2 rings (SSSR count). The Hall–Kier alpha value is -2.33. The molecule has 1 N–H and O–H groups in total. The summed E-state index contributed by atoms with van der Waals surface area (Å²) >= 11 is 0. The van der Waals surface area contributed by atoms with E-state index in [1.54, 1.807) is 19.0 Å². The molecule has 0 heterocycles. The monoisotopic (exact) mass is 439 g/mol. The molecule has 0 fully saturated rings. The Kier molecular flexibility index (Phi) is 8.53. The van der Waals surface area contributed by atoms with Crippen molar-refractivity contribution in [3.05, 3.63) is 64.2 Å². The van der Waals surface area contributed by atoms with Crippen molar-refractivity contribution in [1.82, 2.24) is 4.90 Å². The minimum absolute atomic E-state index is 0.0316. The number of rotatable bonds is 10. The fourth-order valence-electron chi connectivity index (χ4n) is 4.45. The first kappa shape index (κ1) is 25.9. The maximum Gasteiger partial charge on any atom is 0.253 e. The van der Waals surface area contributed by atoms with Crippen LogP contribution in [0.15, 0.2) is 36.4 Å². The third-order valence-electron chi connectivity index (χ3n) is 7.16. The molecule has 2 aromatic rings. The predicted molar refractivity (Wildman–Crippen MR) is 133 cm³/mol. The lowest BCUT2D eigenvalue weighted by Gasteiger charge is -2.34. The number of benzene rings is 2. The molecular weight excluding hydrogens is 398 g/mol. The minimum Gasteiger partial charge on any atom is -0.490 e. The highest BCUT2D eigenvalue weighted by molar-refractivity contribution is 5.95. The van der Waals surface area contributed by atoms with Crippen LogP contribution in [0.5, 0.6) is 5.75 Å². The van der Waals surface area contributed by atoms with Crippen molar-refractivity contribution < 1.29 is 14.6 Å². The Morgan fingerprint density at radius 1 is 0.875 bits per heavy atom. The molecule has 32 heavy (non-hydrogen) atoms. The van der Waals surface area contributed by atoms with Gasteiger partial charge in [0, 0.05) is 25.1 Å². The lowest BCUT2D eigenvalue weighted by molar-refractivity contribution is -0.0115. The van der Waals surface area contributed by atoms with E-state index < -0.39 is 5.60 Å². The molecule has 0 aliphatic rings. The van der Waals surface area contributed by atoms with Crippen LogP contribution in [-0.2, 0) is 5.41 Å². The first-order valence-electron chi connectivity index (χ1n) is 11.9. The quantitative estimate of drug-likeness (QED) is 0.491. The molecule has 0 spiro atoms. The highest BCUT2D eigenvalue weighted by Crippen LogP contribution is 2.41. The molecule has 0 atom stereocenters. The molecule has 0 radical (unpaired) electrons. The number of aliphatic hydroxyl groups is 1. The second-order valence-electron chi connectivity index (χ2n) is 9.22. The van der Waals surface area contributed by atoms with E-state index in [0.29, 0.717) is 19.4 Å². The highest BCUT2D eigenvalue weighted by Gasteiger charge is 2.32. The molecule has 0 aliphatic carbocycles. The molecule has 0 unspecified atom stereocenters. The molecule has 4 heteroatoms. The first-order chi connectivity index (χ1) is 15.1. The predicted octanol–water partition coefficient (Wildman–Crippen LogP) is 6.04. The van der Waals surface area contributed by atoms with Crippen molar-refractivity contribution in [2.45, 2.75) is 78.2 Å². The Bertz CT molecular complexity index is 924. The standard InChI is InChI=1S/C28H41NO3/c1-9-27(31,10-2)19-32-25-16-14-23(18-21(25)6)28(11-3,12-4)22-13-15-24(20(5)17-22)26(30)29(7)8/h13-18,31H,9-12,19H2,1-8H3. The number of aryl methyl sites for hydroxylation is 2. The lowest BCUT2D eigenvalue weighted by Crippen LogP contribution is -2.34. The topological polar surface area (TPSA) is 49.8 Å². The third-order valence-corrected chi connectivity index (χ3v) is 7.16. The molecule has 0 aliphatic heterocycles. The van der Waals surface area contributed by atoms with Gasteiger partial charge in [0.05, 0.1) is 5.60 Å². The fraction of sp³-hybridized carbons (Fsp3) is 0.536. The van der Waals surface area contributed by atoms with Crippen LogP contribution in [0.4, 0.5) is 0 Å². The van der Waals surface area contributed by atoms with Crippen molar-refractivity contribution in [1.29, 1.82) is 0 Å². The van der Waals surface area contributed by atoms with Gasteiger partial charge in [0.15, 0.2) is 0 Å². The zero-order valence-electron chi connectivity index (χ0n) is 21.2. The Labute approximate surface area is 194 Å². The summed E-state index contributed by atoms with van der Waals surface area (Å²) in [5.41, 5.74) is 4.38. The highest BCUT2D eigenvalue weighted by atomic mass is 16.5. The van der Waals surface area contributed by atoms with Gasteiger partial charge in [-0.1, -0.05) is 52.0 Å². The van der Waals surface area contributed by atoms with Crippen molar-refractivity contribution in [2.75, 3.05) is 20.7 Å². The molecule has 176 valence electrons. The molecule has 0 bridgehead atoms. The van der Waals surface area contributed by atoms with Gasteiger partial charge in [-0.3, -0.25) is 4.79 Å². The van der Waals surface area contributed by atoms with Gasteiger partial charge in [0.1, 0.15) is 12.4 Å². The average molecular weight is 440 g/mol. The summed E-state index contributed by atoms with van der Waals surface area (Å²) < 4.78 is 6.02. The van der Waals surface area contributed by atoms with Gasteiger partial charge in [-0.25, -0.2) is 0 Å². The second kappa shape index (κ2) is 10.5. The molecule has 2 aromatic carbocycles. The number of ether oxygens (including phenoxy) is 1. The van der Waals surface area contributed by atoms with Crippen molar-refractivity contribution >= 4 is 5.91 Å². The Morgan fingerprint density at radius 3 is 1.84 bits per heavy atom.